The first-order chi connectivity index (χ1) is 7.72. The van der Waals surface area contributed by atoms with Crippen molar-refractivity contribution in [3.63, 3.8) is 0 Å². The zero-order chi connectivity index (χ0) is 11.5. The van der Waals surface area contributed by atoms with Crippen LogP contribution in [0.2, 0.25) is 0 Å². The van der Waals surface area contributed by atoms with E-state index < -0.39 is 0 Å². The quantitative estimate of drug-likeness (QED) is 0.808. The second kappa shape index (κ2) is 4.58. The van der Waals surface area contributed by atoms with Crippen LogP contribution in [-0.4, -0.2) is 38.3 Å². The Morgan fingerprint density at radius 3 is 3.00 bits per heavy atom. The normalized spacial score (nSPS) is 10.9. The third-order valence-corrected chi connectivity index (χ3v) is 2.53. The lowest BCUT2D eigenvalue weighted by molar-refractivity contribution is 0.187. The molecule has 2 aromatic rings. The van der Waals surface area contributed by atoms with E-state index in [1.807, 2.05) is 23.9 Å². The summed E-state index contributed by atoms with van der Waals surface area (Å²) in [6, 6.07) is 1.90. The molecule has 16 heavy (non-hydrogen) atoms. The van der Waals surface area contributed by atoms with Crippen LogP contribution in [0.1, 0.15) is 0 Å². The molecule has 2 heterocycles. The van der Waals surface area contributed by atoms with Crippen molar-refractivity contribution in [1.29, 1.82) is 0 Å². The summed E-state index contributed by atoms with van der Waals surface area (Å²) in [7, 11) is 3.52. The molecule has 2 aromatic heterocycles. The Morgan fingerprint density at radius 2 is 2.38 bits per heavy atom. The van der Waals surface area contributed by atoms with Gasteiger partial charge in [-0.2, -0.15) is 10.2 Å². The Hall–Kier alpha value is -1.47. The summed E-state index contributed by atoms with van der Waals surface area (Å²) in [6.45, 7) is 1.26. The Balaban J connectivity index is 2.37. The van der Waals surface area contributed by atoms with Gasteiger partial charge in [-0.3, -0.25) is 14.3 Å². The minimum Gasteiger partial charge on any atom is -0.383 e. The maximum atomic E-state index is 5.15. The van der Waals surface area contributed by atoms with Crippen LogP contribution in [0.15, 0.2) is 12.3 Å². The van der Waals surface area contributed by atoms with Crippen molar-refractivity contribution in [2.45, 2.75) is 6.54 Å². The molecule has 2 rings (SSSR count). The molecule has 0 spiro atoms. The van der Waals surface area contributed by atoms with E-state index in [9.17, 15) is 0 Å². The number of hydrogen-bond donors (Lipinski definition) is 1. The van der Waals surface area contributed by atoms with Crippen molar-refractivity contribution in [1.82, 2.24) is 24.5 Å². The molecule has 0 aromatic carbocycles. The summed E-state index contributed by atoms with van der Waals surface area (Å²) in [5.74, 6) is 0.739. The number of methoxy groups -OCH3 is 1. The van der Waals surface area contributed by atoms with Gasteiger partial charge in [-0.15, -0.1) is 0 Å². The highest BCUT2D eigenvalue weighted by atomic mass is 32.1. The first-order valence-corrected chi connectivity index (χ1v) is 5.27. The van der Waals surface area contributed by atoms with Gasteiger partial charge in [0.05, 0.1) is 13.2 Å². The Labute approximate surface area is 97.9 Å². The number of nitrogens with zero attached hydrogens (tertiary/aromatic N) is 4. The SMILES string of the molecule is COCCn1c(-c2ccn(C)n2)n[nH]c1=S. The van der Waals surface area contributed by atoms with Crippen molar-refractivity contribution >= 4 is 12.2 Å². The largest absolute Gasteiger partial charge is 0.383 e. The van der Waals surface area contributed by atoms with Crippen molar-refractivity contribution in [3.05, 3.63) is 17.0 Å². The minimum absolute atomic E-state index is 0.581. The summed E-state index contributed by atoms with van der Waals surface area (Å²) in [4.78, 5) is 0. The molecule has 0 fully saturated rings. The van der Waals surface area contributed by atoms with Gasteiger partial charge in [0.25, 0.3) is 0 Å². The predicted molar refractivity (Wildman–Crippen MR) is 61.5 cm³/mol. The zero-order valence-corrected chi connectivity index (χ0v) is 9.99. The third kappa shape index (κ3) is 2.05. The van der Waals surface area contributed by atoms with Crippen LogP contribution in [0, 0.1) is 4.77 Å². The highest BCUT2D eigenvalue weighted by Gasteiger charge is 2.10. The molecule has 0 bridgehead atoms. The van der Waals surface area contributed by atoms with Crippen LogP contribution in [0.25, 0.3) is 11.5 Å². The van der Waals surface area contributed by atoms with E-state index >= 15 is 0 Å². The van der Waals surface area contributed by atoms with Crippen LogP contribution in [0.4, 0.5) is 0 Å². The number of rotatable bonds is 4. The van der Waals surface area contributed by atoms with Gasteiger partial charge in [0.15, 0.2) is 10.6 Å². The van der Waals surface area contributed by atoms with Crippen LogP contribution in [0.3, 0.4) is 0 Å². The molecule has 0 unspecified atom stereocenters. The van der Waals surface area contributed by atoms with Crippen molar-refractivity contribution in [2.75, 3.05) is 13.7 Å². The van der Waals surface area contributed by atoms with Crippen molar-refractivity contribution in [2.24, 2.45) is 7.05 Å². The maximum Gasteiger partial charge on any atom is 0.195 e. The Morgan fingerprint density at radius 1 is 1.56 bits per heavy atom. The molecular weight excluding hydrogens is 226 g/mol. The number of aromatic nitrogens is 5. The smallest absolute Gasteiger partial charge is 0.195 e. The van der Waals surface area contributed by atoms with E-state index in [1.54, 1.807) is 11.8 Å². The van der Waals surface area contributed by atoms with Gasteiger partial charge >= 0.3 is 0 Å². The standard InChI is InChI=1S/C9H13N5OS/c1-13-4-3-7(12-13)8-10-11-9(16)14(8)5-6-15-2/h3-4H,5-6H2,1-2H3,(H,11,16). The molecular formula is C9H13N5OS. The summed E-state index contributed by atoms with van der Waals surface area (Å²) >= 11 is 5.15. The lowest BCUT2D eigenvalue weighted by Gasteiger charge is -2.03. The lowest BCUT2D eigenvalue weighted by atomic mass is 10.4. The summed E-state index contributed by atoms with van der Waals surface area (Å²) in [5, 5.41) is 11.2. The van der Waals surface area contributed by atoms with E-state index in [0.29, 0.717) is 17.9 Å². The molecule has 0 aliphatic heterocycles. The van der Waals surface area contributed by atoms with Crippen molar-refractivity contribution in [3.8, 4) is 11.5 Å². The molecule has 0 saturated heterocycles. The van der Waals surface area contributed by atoms with Crippen molar-refractivity contribution < 1.29 is 4.74 Å². The number of ether oxygens (including phenoxy) is 1. The Bertz CT molecular complexity index is 526. The number of aromatic amines is 1. The highest BCUT2D eigenvalue weighted by Crippen LogP contribution is 2.13. The van der Waals surface area contributed by atoms with Gasteiger partial charge in [-0.25, -0.2) is 0 Å². The molecule has 7 heteroatoms. The fourth-order valence-electron chi connectivity index (χ4n) is 1.44. The number of aryl methyl sites for hydroxylation is 1. The molecule has 1 N–H and O–H groups in total. The summed E-state index contributed by atoms with van der Waals surface area (Å²) in [5.41, 5.74) is 0.797. The molecule has 0 aliphatic carbocycles. The van der Waals surface area contributed by atoms with Gasteiger partial charge in [-0.05, 0) is 18.3 Å². The van der Waals surface area contributed by atoms with Crippen LogP contribution < -0.4 is 0 Å². The summed E-state index contributed by atoms with van der Waals surface area (Å²) < 4.78 is 9.22. The molecule has 0 atom stereocenters. The van der Waals surface area contributed by atoms with E-state index in [-0.39, 0.29) is 0 Å². The van der Waals surface area contributed by atoms with Gasteiger partial charge in [0.1, 0.15) is 5.69 Å². The minimum atomic E-state index is 0.581. The molecule has 0 radical (unpaired) electrons. The average Bonchev–Trinajstić information content (AvgIpc) is 2.82. The fourth-order valence-corrected chi connectivity index (χ4v) is 1.66. The van der Waals surface area contributed by atoms with Crippen LogP contribution in [-0.2, 0) is 18.3 Å². The van der Waals surface area contributed by atoms with E-state index in [0.717, 1.165) is 11.5 Å². The topological polar surface area (TPSA) is 60.7 Å². The summed E-state index contributed by atoms with van der Waals surface area (Å²) in [6.07, 6.45) is 1.87. The molecule has 86 valence electrons. The number of H-pyrrole nitrogens is 1. The molecule has 6 nitrogen and oxygen atoms in total. The first kappa shape index (κ1) is 11.0. The maximum absolute atomic E-state index is 5.15. The Kier molecular flexibility index (Phi) is 3.16. The van der Waals surface area contributed by atoms with Gasteiger partial charge in [0, 0.05) is 20.4 Å². The molecule has 0 saturated carbocycles. The third-order valence-electron chi connectivity index (χ3n) is 2.22. The van der Waals surface area contributed by atoms with Crippen LogP contribution >= 0.6 is 12.2 Å². The van der Waals surface area contributed by atoms with Gasteiger partial charge < -0.3 is 4.74 Å². The fraction of sp³-hybridized carbons (Fsp3) is 0.444. The highest BCUT2D eigenvalue weighted by molar-refractivity contribution is 7.71. The number of hydrogen-bond acceptors (Lipinski definition) is 4. The van der Waals surface area contributed by atoms with Crippen LogP contribution in [0.5, 0.6) is 0 Å². The van der Waals surface area contributed by atoms with E-state index in [2.05, 4.69) is 15.3 Å². The predicted octanol–water partition coefficient (Wildman–Crippen LogP) is 0.988. The molecule has 0 amide bonds. The first-order valence-electron chi connectivity index (χ1n) is 4.86. The van der Waals surface area contributed by atoms with Gasteiger partial charge in [0.2, 0.25) is 0 Å². The number of nitrogens with one attached hydrogen (secondary N) is 1. The monoisotopic (exact) mass is 239 g/mol. The van der Waals surface area contributed by atoms with E-state index in [4.69, 9.17) is 17.0 Å². The van der Waals surface area contributed by atoms with Gasteiger partial charge in [-0.1, -0.05) is 0 Å². The van der Waals surface area contributed by atoms with E-state index in [1.165, 1.54) is 0 Å². The average molecular weight is 239 g/mol. The second-order valence-electron chi connectivity index (χ2n) is 3.37. The lowest BCUT2D eigenvalue weighted by Crippen LogP contribution is -2.06. The second-order valence-corrected chi connectivity index (χ2v) is 3.76. The molecule has 0 aliphatic rings. The zero-order valence-electron chi connectivity index (χ0n) is 9.17.